The third-order valence-electron chi connectivity index (χ3n) is 6.00. The molecule has 0 aliphatic heterocycles. The number of anilines is 1. The van der Waals surface area contributed by atoms with Crippen LogP contribution in [-0.2, 0) is 26.1 Å². The van der Waals surface area contributed by atoms with Crippen molar-refractivity contribution in [3.63, 3.8) is 0 Å². The van der Waals surface area contributed by atoms with E-state index < -0.39 is 45.4 Å². The topological polar surface area (TPSA) is 66.9 Å². The third kappa shape index (κ3) is 5.86. The fourth-order valence-corrected chi connectivity index (χ4v) is 5.65. The van der Waals surface area contributed by atoms with E-state index in [2.05, 4.69) is 0 Å². The molecule has 0 spiro atoms. The maximum atomic E-state index is 15.0. The first kappa shape index (κ1) is 27.6. The lowest BCUT2D eigenvalue weighted by Gasteiger charge is -2.33. The molecule has 0 saturated heterocycles. The molecule has 0 saturated carbocycles. The van der Waals surface area contributed by atoms with Gasteiger partial charge in [-0.05, 0) is 68.4 Å². The second kappa shape index (κ2) is 11.4. The standard InChI is InChI=1S/C26H27ClF2N2O4S/c1-17(23-8-6-5-7-19(23)16-30(3)18(2)26(32)35-4)31(25-15-21(28)11-14-24(25)29)36(33,34)22-12-9-20(27)10-13-22/h5-15,17-18H,16H2,1-4H3/t17-,18+/m1/s1. The van der Waals surface area contributed by atoms with Gasteiger partial charge in [0.2, 0.25) is 0 Å². The summed E-state index contributed by atoms with van der Waals surface area (Å²) in [5.74, 6) is -2.10. The zero-order valence-corrected chi connectivity index (χ0v) is 21.9. The summed E-state index contributed by atoms with van der Waals surface area (Å²) in [7, 11) is -1.32. The lowest BCUT2D eigenvalue weighted by Crippen LogP contribution is -2.37. The van der Waals surface area contributed by atoms with E-state index in [4.69, 9.17) is 16.3 Å². The number of carbonyl (C=O) groups excluding carboxylic acids is 1. The van der Waals surface area contributed by atoms with Crippen molar-refractivity contribution in [3.05, 3.63) is 94.5 Å². The Morgan fingerprint density at radius 3 is 2.31 bits per heavy atom. The van der Waals surface area contributed by atoms with Crippen molar-refractivity contribution in [1.82, 2.24) is 4.90 Å². The van der Waals surface area contributed by atoms with Crippen LogP contribution in [0.2, 0.25) is 5.02 Å². The highest BCUT2D eigenvalue weighted by atomic mass is 35.5. The normalized spacial score (nSPS) is 13.3. The summed E-state index contributed by atoms with van der Waals surface area (Å²) in [5, 5.41) is 0.332. The quantitative estimate of drug-likeness (QED) is 0.335. The van der Waals surface area contributed by atoms with E-state index in [1.54, 1.807) is 50.1 Å². The van der Waals surface area contributed by atoms with Crippen molar-refractivity contribution < 1.29 is 26.7 Å². The van der Waals surface area contributed by atoms with Crippen LogP contribution in [0.25, 0.3) is 0 Å². The monoisotopic (exact) mass is 536 g/mol. The lowest BCUT2D eigenvalue weighted by molar-refractivity contribution is -0.145. The van der Waals surface area contributed by atoms with E-state index in [-0.39, 0.29) is 11.4 Å². The molecule has 0 aliphatic carbocycles. The molecule has 36 heavy (non-hydrogen) atoms. The van der Waals surface area contributed by atoms with Gasteiger partial charge in [0.05, 0.1) is 23.7 Å². The van der Waals surface area contributed by atoms with Crippen molar-refractivity contribution >= 4 is 33.3 Å². The number of rotatable bonds is 9. The van der Waals surface area contributed by atoms with Crippen LogP contribution in [0.15, 0.2) is 71.6 Å². The Balaban J connectivity index is 2.14. The van der Waals surface area contributed by atoms with E-state index >= 15 is 0 Å². The Labute approximate surface area is 215 Å². The Hall–Kier alpha value is -3.01. The summed E-state index contributed by atoms with van der Waals surface area (Å²) in [6, 6.07) is 13.6. The van der Waals surface area contributed by atoms with Gasteiger partial charge in [-0.3, -0.25) is 14.0 Å². The van der Waals surface area contributed by atoms with Crippen LogP contribution in [0.1, 0.15) is 31.0 Å². The van der Waals surface area contributed by atoms with Crippen molar-refractivity contribution in [2.45, 2.75) is 37.4 Å². The number of benzene rings is 3. The molecule has 0 radical (unpaired) electrons. The molecule has 192 valence electrons. The van der Waals surface area contributed by atoms with Crippen molar-refractivity contribution in [2.24, 2.45) is 0 Å². The van der Waals surface area contributed by atoms with Crippen molar-refractivity contribution in [3.8, 4) is 0 Å². The smallest absolute Gasteiger partial charge is 0.322 e. The number of sulfonamides is 1. The Morgan fingerprint density at radius 2 is 1.67 bits per heavy atom. The molecule has 2 atom stereocenters. The molecule has 0 aliphatic rings. The molecule has 0 amide bonds. The molecule has 0 bridgehead atoms. The fraction of sp³-hybridized carbons (Fsp3) is 0.269. The van der Waals surface area contributed by atoms with Crippen molar-refractivity contribution in [2.75, 3.05) is 18.5 Å². The van der Waals surface area contributed by atoms with Gasteiger partial charge in [-0.1, -0.05) is 35.9 Å². The molecular formula is C26H27ClF2N2O4S. The number of nitrogens with zero attached hydrogens (tertiary/aromatic N) is 2. The highest BCUT2D eigenvalue weighted by molar-refractivity contribution is 7.92. The summed E-state index contributed by atoms with van der Waals surface area (Å²) >= 11 is 5.93. The third-order valence-corrected chi connectivity index (χ3v) is 8.15. The van der Waals surface area contributed by atoms with Gasteiger partial charge in [0, 0.05) is 17.6 Å². The molecule has 0 N–H and O–H groups in total. The van der Waals surface area contributed by atoms with Gasteiger partial charge in [0.1, 0.15) is 17.7 Å². The summed E-state index contributed by atoms with van der Waals surface area (Å²) in [5.41, 5.74) is 0.836. The zero-order chi connectivity index (χ0) is 26.6. The SMILES string of the molecule is COC(=O)[C@H](C)N(C)Cc1ccccc1[C@@H](C)N(c1cc(F)ccc1F)S(=O)(=O)c1ccc(Cl)cc1. The van der Waals surface area contributed by atoms with E-state index in [1.165, 1.54) is 31.4 Å². The molecule has 6 nitrogen and oxygen atoms in total. The van der Waals surface area contributed by atoms with Crippen LogP contribution in [-0.4, -0.2) is 39.5 Å². The molecular weight excluding hydrogens is 510 g/mol. The minimum absolute atomic E-state index is 0.128. The molecule has 3 rings (SSSR count). The van der Waals surface area contributed by atoms with Crippen LogP contribution < -0.4 is 4.31 Å². The number of halogens is 3. The van der Waals surface area contributed by atoms with Crippen LogP contribution in [0.3, 0.4) is 0 Å². The first-order chi connectivity index (χ1) is 17.0. The first-order valence-corrected chi connectivity index (χ1v) is 12.9. The minimum Gasteiger partial charge on any atom is -0.468 e. The van der Waals surface area contributed by atoms with Gasteiger partial charge < -0.3 is 4.74 Å². The maximum Gasteiger partial charge on any atom is 0.322 e. The number of ether oxygens (including phenoxy) is 1. The fourth-order valence-electron chi connectivity index (χ4n) is 3.89. The summed E-state index contributed by atoms with van der Waals surface area (Å²) in [6.45, 7) is 3.56. The van der Waals surface area contributed by atoms with E-state index in [0.29, 0.717) is 16.1 Å². The lowest BCUT2D eigenvalue weighted by atomic mass is 10.00. The average Bonchev–Trinajstić information content (AvgIpc) is 2.85. The van der Waals surface area contributed by atoms with Crippen LogP contribution in [0, 0.1) is 11.6 Å². The minimum atomic E-state index is -4.36. The predicted octanol–water partition coefficient (Wildman–Crippen LogP) is 5.57. The summed E-state index contributed by atoms with van der Waals surface area (Å²) in [4.78, 5) is 13.6. The molecule has 3 aromatic rings. The molecule has 0 heterocycles. The predicted molar refractivity (Wildman–Crippen MR) is 135 cm³/mol. The van der Waals surface area contributed by atoms with Gasteiger partial charge in [0.15, 0.2) is 0 Å². The highest BCUT2D eigenvalue weighted by Gasteiger charge is 2.34. The number of methoxy groups -OCH3 is 1. The second-order valence-corrected chi connectivity index (χ2v) is 10.6. The number of carbonyl (C=O) groups is 1. The van der Waals surface area contributed by atoms with Crippen molar-refractivity contribution in [1.29, 1.82) is 0 Å². The van der Waals surface area contributed by atoms with Crippen LogP contribution >= 0.6 is 11.6 Å². The van der Waals surface area contributed by atoms with Gasteiger partial charge in [-0.15, -0.1) is 0 Å². The van der Waals surface area contributed by atoms with Gasteiger partial charge in [-0.25, -0.2) is 17.2 Å². The molecule has 10 heteroatoms. The first-order valence-electron chi connectivity index (χ1n) is 11.1. The Morgan fingerprint density at radius 1 is 1.03 bits per heavy atom. The number of esters is 1. The van der Waals surface area contributed by atoms with Crippen LogP contribution in [0.4, 0.5) is 14.5 Å². The van der Waals surface area contributed by atoms with Crippen LogP contribution in [0.5, 0.6) is 0 Å². The molecule has 0 unspecified atom stereocenters. The van der Waals surface area contributed by atoms with E-state index in [9.17, 15) is 22.0 Å². The molecule has 3 aromatic carbocycles. The Bertz CT molecular complexity index is 1340. The number of hydrogen-bond acceptors (Lipinski definition) is 5. The second-order valence-electron chi connectivity index (χ2n) is 8.34. The van der Waals surface area contributed by atoms with E-state index in [0.717, 1.165) is 22.5 Å². The van der Waals surface area contributed by atoms with Gasteiger partial charge >= 0.3 is 5.97 Å². The zero-order valence-electron chi connectivity index (χ0n) is 20.3. The maximum absolute atomic E-state index is 15.0. The Kier molecular flexibility index (Phi) is 8.71. The van der Waals surface area contributed by atoms with Gasteiger partial charge in [-0.2, -0.15) is 0 Å². The summed E-state index contributed by atoms with van der Waals surface area (Å²) < 4.78 is 62.5. The molecule has 0 fully saturated rings. The largest absolute Gasteiger partial charge is 0.468 e. The van der Waals surface area contributed by atoms with Gasteiger partial charge in [0.25, 0.3) is 10.0 Å². The summed E-state index contributed by atoms with van der Waals surface area (Å²) in [6.07, 6.45) is 0. The average molecular weight is 537 g/mol. The highest BCUT2D eigenvalue weighted by Crippen LogP contribution is 2.37. The number of likely N-dealkylation sites (N-methyl/N-ethyl adjacent to an activating group) is 1. The van der Waals surface area contributed by atoms with E-state index in [1.807, 2.05) is 0 Å². The number of hydrogen-bond donors (Lipinski definition) is 0. The molecule has 0 aromatic heterocycles.